The van der Waals surface area contributed by atoms with Crippen LogP contribution >= 0.6 is 0 Å². The molecule has 0 unspecified atom stereocenters. The number of rotatable bonds is 4. The Labute approximate surface area is 64.6 Å². The van der Waals surface area contributed by atoms with Crippen molar-refractivity contribution in [3.8, 4) is 0 Å². The van der Waals surface area contributed by atoms with Crippen molar-refractivity contribution >= 4 is 0 Å². The predicted octanol–water partition coefficient (Wildman–Crippen LogP) is 3.55. The molecule has 0 saturated heterocycles. The molecule has 0 spiro atoms. The van der Waals surface area contributed by atoms with Crippen molar-refractivity contribution in [1.29, 1.82) is 0 Å². The van der Waals surface area contributed by atoms with Gasteiger partial charge in [0.2, 0.25) is 0 Å². The molecule has 0 aromatic carbocycles. The second-order valence-electron chi connectivity index (χ2n) is 2.79. The fraction of sp³-hybridized carbons (Fsp3) is 0.600. The second kappa shape index (κ2) is 6.60. The highest BCUT2D eigenvalue weighted by Gasteiger charge is 1.79. The van der Waals surface area contributed by atoms with E-state index in [0.29, 0.717) is 5.92 Å². The van der Waals surface area contributed by atoms with Gasteiger partial charge in [-0.05, 0) is 18.8 Å². The van der Waals surface area contributed by atoms with Crippen LogP contribution in [0, 0.1) is 5.92 Å². The van der Waals surface area contributed by atoms with Crippen LogP contribution in [0.1, 0.15) is 33.6 Å². The van der Waals surface area contributed by atoms with Gasteiger partial charge in [-0.25, -0.2) is 0 Å². The summed E-state index contributed by atoms with van der Waals surface area (Å²) in [4.78, 5) is 0. The molecule has 0 aliphatic heterocycles. The van der Waals surface area contributed by atoms with E-state index < -0.39 is 0 Å². The smallest absolute Gasteiger partial charge is 0.0169 e. The van der Waals surface area contributed by atoms with Crippen LogP contribution in [-0.4, -0.2) is 0 Å². The minimum Gasteiger partial charge on any atom is -0.0885 e. The SMILES string of the molecule is CC/C=C\C/C=C\C(C)C. The first kappa shape index (κ1) is 9.48. The van der Waals surface area contributed by atoms with Gasteiger partial charge in [0.15, 0.2) is 0 Å². The zero-order chi connectivity index (χ0) is 7.82. The molecular formula is C10H18. The molecule has 0 amide bonds. The van der Waals surface area contributed by atoms with Crippen molar-refractivity contribution in [2.24, 2.45) is 5.92 Å². The zero-order valence-corrected chi connectivity index (χ0v) is 7.30. The van der Waals surface area contributed by atoms with E-state index in [1.54, 1.807) is 0 Å². The van der Waals surface area contributed by atoms with Crippen molar-refractivity contribution in [2.45, 2.75) is 33.6 Å². The summed E-state index contributed by atoms with van der Waals surface area (Å²) in [6.07, 6.45) is 11.1. The van der Waals surface area contributed by atoms with E-state index in [4.69, 9.17) is 0 Å². The third-order valence-corrected chi connectivity index (χ3v) is 1.20. The van der Waals surface area contributed by atoms with Gasteiger partial charge in [0.1, 0.15) is 0 Å². The molecule has 58 valence electrons. The Morgan fingerprint density at radius 2 is 1.80 bits per heavy atom. The Hall–Kier alpha value is -0.520. The van der Waals surface area contributed by atoms with E-state index in [0.717, 1.165) is 12.8 Å². The summed E-state index contributed by atoms with van der Waals surface area (Å²) in [6, 6.07) is 0. The second-order valence-corrected chi connectivity index (χ2v) is 2.79. The molecule has 0 rings (SSSR count). The first-order chi connectivity index (χ1) is 4.77. The van der Waals surface area contributed by atoms with Gasteiger partial charge in [-0.1, -0.05) is 45.1 Å². The molecule has 0 N–H and O–H groups in total. The molecule has 0 aromatic heterocycles. The van der Waals surface area contributed by atoms with Crippen LogP contribution < -0.4 is 0 Å². The average molecular weight is 138 g/mol. The van der Waals surface area contributed by atoms with Gasteiger partial charge in [-0.2, -0.15) is 0 Å². The van der Waals surface area contributed by atoms with Crippen LogP contribution in [0.5, 0.6) is 0 Å². The Balaban J connectivity index is 3.26. The predicted molar refractivity (Wildman–Crippen MR) is 48.0 cm³/mol. The van der Waals surface area contributed by atoms with Crippen LogP contribution in [0.2, 0.25) is 0 Å². The molecular weight excluding hydrogens is 120 g/mol. The molecule has 0 aliphatic carbocycles. The maximum Gasteiger partial charge on any atom is -0.0169 e. The molecule has 0 aromatic rings. The van der Waals surface area contributed by atoms with Gasteiger partial charge < -0.3 is 0 Å². The summed E-state index contributed by atoms with van der Waals surface area (Å²) in [5.41, 5.74) is 0. The maximum atomic E-state index is 2.24. The summed E-state index contributed by atoms with van der Waals surface area (Å²) < 4.78 is 0. The van der Waals surface area contributed by atoms with Gasteiger partial charge in [-0.15, -0.1) is 0 Å². The fourth-order valence-electron chi connectivity index (χ4n) is 0.692. The highest BCUT2D eigenvalue weighted by atomic mass is 13.9. The highest BCUT2D eigenvalue weighted by Crippen LogP contribution is 1.96. The lowest BCUT2D eigenvalue weighted by molar-refractivity contribution is 0.828. The fourth-order valence-corrected chi connectivity index (χ4v) is 0.692. The molecule has 0 heterocycles. The maximum absolute atomic E-state index is 2.24. The molecule has 0 aliphatic rings. The van der Waals surface area contributed by atoms with Crippen LogP contribution in [0.3, 0.4) is 0 Å². The average Bonchev–Trinajstić information content (AvgIpc) is 1.87. The molecule has 0 radical (unpaired) electrons. The minimum atomic E-state index is 0.690. The Bertz CT molecular complexity index is 107. The molecule has 0 nitrogen and oxygen atoms in total. The molecule has 0 atom stereocenters. The van der Waals surface area contributed by atoms with E-state index in [-0.39, 0.29) is 0 Å². The number of allylic oxidation sites excluding steroid dienone is 4. The topological polar surface area (TPSA) is 0 Å². The van der Waals surface area contributed by atoms with Crippen molar-refractivity contribution in [2.75, 3.05) is 0 Å². The number of hydrogen-bond acceptors (Lipinski definition) is 0. The largest absolute Gasteiger partial charge is 0.0885 e. The van der Waals surface area contributed by atoms with E-state index in [1.165, 1.54) is 0 Å². The molecule has 10 heavy (non-hydrogen) atoms. The first-order valence-corrected chi connectivity index (χ1v) is 4.09. The normalized spacial score (nSPS) is 12.4. The van der Waals surface area contributed by atoms with Crippen LogP contribution in [-0.2, 0) is 0 Å². The summed E-state index contributed by atoms with van der Waals surface area (Å²) in [5, 5.41) is 0. The van der Waals surface area contributed by atoms with Crippen molar-refractivity contribution < 1.29 is 0 Å². The van der Waals surface area contributed by atoms with Gasteiger partial charge >= 0.3 is 0 Å². The summed E-state index contributed by atoms with van der Waals surface area (Å²) in [5.74, 6) is 0.690. The Morgan fingerprint density at radius 1 is 1.10 bits per heavy atom. The Kier molecular flexibility index (Phi) is 6.25. The molecule has 0 saturated carbocycles. The van der Waals surface area contributed by atoms with E-state index in [1.807, 2.05) is 0 Å². The first-order valence-electron chi connectivity index (χ1n) is 4.09. The molecule has 0 bridgehead atoms. The van der Waals surface area contributed by atoms with Crippen molar-refractivity contribution in [1.82, 2.24) is 0 Å². The van der Waals surface area contributed by atoms with E-state index in [9.17, 15) is 0 Å². The lowest BCUT2D eigenvalue weighted by Gasteiger charge is -1.90. The summed E-state index contributed by atoms with van der Waals surface area (Å²) >= 11 is 0. The van der Waals surface area contributed by atoms with Gasteiger partial charge in [-0.3, -0.25) is 0 Å². The lowest BCUT2D eigenvalue weighted by Crippen LogP contribution is -1.75. The minimum absolute atomic E-state index is 0.690. The monoisotopic (exact) mass is 138 g/mol. The summed E-state index contributed by atoms with van der Waals surface area (Å²) in [6.45, 7) is 6.54. The lowest BCUT2D eigenvalue weighted by atomic mass is 10.2. The van der Waals surface area contributed by atoms with E-state index in [2.05, 4.69) is 45.1 Å². The van der Waals surface area contributed by atoms with Crippen LogP contribution in [0.15, 0.2) is 24.3 Å². The third-order valence-electron chi connectivity index (χ3n) is 1.20. The van der Waals surface area contributed by atoms with E-state index >= 15 is 0 Å². The van der Waals surface area contributed by atoms with Crippen LogP contribution in [0.25, 0.3) is 0 Å². The van der Waals surface area contributed by atoms with Gasteiger partial charge in [0.05, 0.1) is 0 Å². The Morgan fingerprint density at radius 3 is 2.30 bits per heavy atom. The third kappa shape index (κ3) is 7.48. The quantitative estimate of drug-likeness (QED) is 0.521. The van der Waals surface area contributed by atoms with Crippen molar-refractivity contribution in [3.05, 3.63) is 24.3 Å². The summed E-state index contributed by atoms with van der Waals surface area (Å²) in [7, 11) is 0. The molecule has 0 heteroatoms. The van der Waals surface area contributed by atoms with Crippen LogP contribution in [0.4, 0.5) is 0 Å². The standard InChI is InChI=1S/C10H18/c1-4-5-6-7-8-9-10(2)3/h5-6,8-10H,4,7H2,1-3H3/b6-5-,9-8-. The van der Waals surface area contributed by atoms with Crippen molar-refractivity contribution in [3.63, 3.8) is 0 Å². The zero-order valence-electron chi connectivity index (χ0n) is 7.30. The highest BCUT2D eigenvalue weighted by molar-refractivity contribution is 4.93. The number of hydrogen-bond donors (Lipinski definition) is 0. The van der Waals surface area contributed by atoms with Gasteiger partial charge in [0.25, 0.3) is 0 Å². The molecule has 0 fully saturated rings. The van der Waals surface area contributed by atoms with Gasteiger partial charge in [0, 0.05) is 0 Å².